The third-order valence-electron chi connectivity index (χ3n) is 5.49. The van der Waals surface area contributed by atoms with Gasteiger partial charge in [-0.2, -0.15) is 0 Å². The predicted molar refractivity (Wildman–Crippen MR) is 115 cm³/mol. The lowest BCUT2D eigenvalue weighted by Crippen LogP contribution is -2.52. The maximum atomic E-state index is 11.8. The molecule has 5 nitrogen and oxygen atoms in total. The fourth-order valence-corrected chi connectivity index (χ4v) is 3.54. The molecule has 2 aliphatic heterocycles. The van der Waals surface area contributed by atoms with Crippen molar-refractivity contribution in [2.24, 2.45) is 5.41 Å². The summed E-state index contributed by atoms with van der Waals surface area (Å²) in [4.78, 5) is 16.1. The van der Waals surface area contributed by atoms with Crippen molar-refractivity contribution in [2.45, 2.75) is 52.6 Å². The molecule has 158 valence electrons. The second-order valence-electron chi connectivity index (χ2n) is 8.98. The molecule has 5 heteroatoms. The Morgan fingerprint density at radius 1 is 1.04 bits per heavy atom. The Labute approximate surface area is 171 Å². The van der Waals surface area contributed by atoms with E-state index in [0.717, 1.165) is 13.1 Å². The van der Waals surface area contributed by atoms with E-state index < -0.39 is 6.10 Å². The van der Waals surface area contributed by atoms with Crippen LogP contribution in [0.1, 0.15) is 45.6 Å². The molecule has 1 atom stereocenters. The molecule has 0 spiro atoms. The van der Waals surface area contributed by atoms with E-state index in [9.17, 15) is 9.90 Å². The van der Waals surface area contributed by atoms with Crippen LogP contribution < -0.4 is 5.32 Å². The van der Waals surface area contributed by atoms with Crippen LogP contribution >= 0.6 is 0 Å². The van der Waals surface area contributed by atoms with E-state index in [4.69, 9.17) is 0 Å². The zero-order valence-corrected chi connectivity index (χ0v) is 18.0. The summed E-state index contributed by atoms with van der Waals surface area (Å²) < 4.78 is 0. The molecular formula is C23H39N3O2. The van der Waals surface area contributed by atoms with Gasteiger partial charge in [0.05, 0.1) is 0 Å². The Kier molecular flexibility index (Phi) is 9.42. The van der Waals surface area contributed by atoms with Crippen molar-refractivity contribution in [3.63, 3.8) is 0 Å². The van der Waals surface area contributed by atoms with Gasteiger partial charge in [0.25, 0.3) is 5.91 Å². The fraction of sp³-hybridized carbons (Fsp3) is 0.696. The molecule has 2 fully saturated rings. The number of aliphatic hydroxyl groups excluding tert-OH is 1. The zero-order valence-electron chi connectivity index (χ0n) is 18.0. The van der Waals surface area contributed by atoms with Gasteiger partial charge in [0.15, 0.2) is 0 Å². The number of likely N-dealkylation sites (tertiary alicyclic amines) is 1. The second kappa shape index (κ2) is 11.5. The largest absolute Gasteiger partial charge is 0.383 e. The second-order valence-corrected chi connectivity index (χ2v) is 8.98. The van der Waals surface area contributed by atoms with Crippen molar-refractivity contribution >= 4 is 5.91 Å². The smallest absolute Gasteiger partial charge is 0.252 e. The summed E-state index contributed by atoms with van der Waals surface area (Å²) >= 11 is 0. The zero-order chi connectivity index (χ0) is 20.4. The van der Waals surface area contributed by atoms with Crippen LogP contribution in [0.3, 0.4) is 0 Å². The van der Waals surface area contributed by atoms with Gasteiger partial charge < -0.3 is 20.2 Å². The highest BCUT2D eigenvalue weighted by Gasteiger charge is 2.32. The van der Waals surface area contributed by atoms with Gasteiger partial charge in [0.1, 0.15) is 6.10 Å². The lowest BCUT2D eigenvalue weighted by molar-refractivity contribution is -0.146. The third kappa shape index (κ3) is 7.90. The van der Waals surface area contributed by atoms with E-state index in [1.807, 2.05) is 20.8 Å². The molecule has 1 aromatic rings. The minimum Gasteiger partial charge on any atom is -0.383 e. The molecule has 2 saturated heterocycles. The summed E-state index contributed by atoms with van der Waals surface area (Å²) in [5, 5.41) is 13.0. The van der Waals surface area contributed by atoms with Gasteiger partial charge in [0.2, 0.25) is 0 Å². The van der Waals surface area contributed by atoms with E-state index in [0.29, 0.717) is 13.1 Å². The molecule has 0 aromatic heterocycles. The van der Waals surface area contributed by atoms with Crippen LogP contribution in [-0.2, 0) is 11.2 Å². The Morgan fingerprint density at radius 3 is 2.21 bits per heavy atom. The third-order valence-corrected chi connectivity index (χ3v) is 5.49. The normalized spacial score (nSPS) is 19.5. The quantitative estimate of drug-likeness (QED) is 0.831. The highest BCUT2D eigenvalue weighted by Crippen LogP contribution is 2.20. The highest BCUT2D eigenvalue weighted by atomic mass is 16.3. The summed E-state index contributed by atoms with van der Waals surface area (Å²) in [6.45, 7) is 12.5. The molecule has 28 heavy (non-hydrogen) atoms. The molecule has 2 aliphatic rings. The molecule has 0 bridgehead atoms. The van der Waals surface area contributed by atoms with E-state index in [2.05, 4.69) is 40.5 Å². The van der Waals surface area contributed by atoms with E-state index in [1.165, 1.54) is 50.9 Å². The van der Waals surface area contributed by atoms with Crippen LogP contribution in [0, 0.1) is 5.41 Å². The van der Waals surface area contributed by atoms with Crippen molar-refractivity contribution < 1.29 is 9.90 Å². The van der Waals surface area contributed by atoms with Crippen molar-refractivity contribution in [3.8, 4) is 0 Å². The Bertz CT molecular complexity index is 559. The molecule has 0 radical (unpaired) electrons. The number of hydrogen-bond acceptors (Lipinski definition) is 4. The first-order valence-electron chi connectivity index (χ1n) is 10.8. The topological polar surface area (TPSA) is 55.8 Å². The number of aliphatic hydroxyl groups is 1. The monoisotopic (exact) mass is 389 g/mol. The van der Waals surface area contributed by atoms with Crippen LogP contribution in [-0.4, -0.2) is 72.7 Å². The van der Waals surface area contributed by atoms with E-state index >= 15 is 0 Å². The highest BCUT2D eigenvalue weighted by molar-refractivity contribution is 5.81. The number of benzene rings is 1. The number of piperidine rings is 1. The minimum atomic E-state index is -0.888. The molecule has 2 N–H and O–H groups in total. The van der Waals surface area contributed by atoms with Crippen LogP contribution in [0.5, 0.6) is 0 Å². The summed E-state index contributed by atoms with van der Waals surface area (Å²) in [7, 11) is 0. The standard InChI is InChI=1S/C13H19N.C10H20N2O2/c1-3-7-13(8-4-1)9-12-14-10-5-2-6-11-14;1-10(2,3)8(13)9(14)12-6-4-11-5-7-12/h1,3-4,7-8H,2,5-6,9-12H2;8,11,13H,4-7H2,1-3H3. The van der Waals surface area contributed by atoms with Gasteiger partial charge in [-0.3, -0.25) is 4.79 Å². The lowest BCUT2D eigenvalue weighted by Gasteiger charge is -2.33. The summed E-state index contributed by atoms with van der Waals surface area (Å²) in [6, 6.07) is 10.8. The van der Waals surface area contributed by atoms with Crippen LogP contribution in [0.2, 0.25) is 0 Å². The maximum absolute atomic E-state index is 11.8. The molecule has 3 rings (SSSR count). The fourth-order valence-electron chi connectivity index (χ4n) is 3.54. The van der Waals surface area contributed by atoms with Crippen molar-refractivity contribution in [2.75, 3.05) is 45.8 Å². The average molecular weight is 390 g/mol. The van der Waals surface area contributed by atoms with E-state index in [1.54, 1.807) is 4.90 Å². The Balaban J connectivity index is 0.000000200. The Morgan fingerprint density at radius 2 is 1.64 bits per heavy atom. The molecule has 1 amide bonds. The number of nitrogens with zero attached hydrogens (tertiary/aromatic N) is 2. The van der Waals surface area contributed by atoms with Gasteiger partial charge in [-0.05, 0) is 43.3 Å². The Hall–Kier alpha value is -1.43. The molecule has 1 aromatic carbocycles. The minimum absolute atomic E-state index is 0.140. The molecule has 0 aliphatic carbocycles. The van der Waals surface area contributed by atoms with Crippen molar-refractivity contribution in [1.29, 1.82) is 0 Å². The van der Waals surface area contributed by atoms with Gasteiger partial charge in [-0.25, -0.2) is 0 Å². The number of hydrogen-bond donors (Lipinski definition) is 2. The number of nitrogens with one attached hydrogen (secondary N) is 1. The molecular weight excluding hydrogens is 350 g/mol. The predicted octanol–water partition coefficient (Wildman–Crippen LogP) is 2.54. The SMILES string of the molecule is CC(C)(C)C(O)C(=O)N1CCNCC1.c1ccc(CCN2CCCCC2)cc1. The number of rotatable bonds is 4. The molecule has 0 saturated carbocycles. The summed E-state index contributed by atoms with van der Waals surface area (Å²) in [5.74, 6) is -0.140. The first-order valence-corrected chi connectivity index (χ1v) is 10.8. The maximum Gasteiger partial charge on any atom is 0.252 e. The van der Waals surface area contributed by atoms with Crippen LogP contribution in [0.15, 0.2) is 30.3 Å². The van der Waals surface area contributed by atoms with Gasteiger partial charge in [0, 0.05) is 32.7 Å². The number of amides is 1. The lowest BCUT2D eigenvalue weighted by atomic mass is 9.88. The van der Waals surface area contributed by atoms with E-state index in [-0.39, 0.29) is 11.3 Å². The molecule has 2 heterocycles. The van der Waals surface area contributed by atoms with Gasteiger partial charge >= 0.3 is 0 Å². The van der Waals surface area contributed by atoms with Crippen molar-refractivity contribution in [3.05, 3.63) is 35.9 Å². The van der Waals surface area contributed by atoms with Gasteiger partial charge in [-0.15, -0.1) is 0 Å². The molecule has 1 unspecified atom stereocenters. The van der Waals surface area contributed by atoms with Crippen LogP contribution in [0.25, 0.3) is 0 Å². The number of carbonyl (C=O) groups is 1. The number of piperazine rings is 1. The number of carbonyl (C=O) groups excluding carboxylic acids is 1. The summed E-state index contributed by atoms with van der Waals surface area (Å²) in [6.07, 6.45) is 4.55. The summed E-state index contributed by atoms with van der Waals surface area (Å²) in [5.41, 5.74) is 1.10. The van der Waals surface area contributed by atoms with Crippen LogP contribution in [0.4, 0.5) is 0 Å². The average Bonchev–Trinajstić information content (AvgIpc) is 2.73. The first kappa shape index (κ1) is 22.9. The van der Waals surface area contributed by atoms with Crippen molar-refractivity contribution in [1.82, 2.24) is 15.1 Å². The van der Waals surface area contributed by atoms with Gasteiger partial charge in [-0.1, -0.05) is 57.5 Å². The first-order chi connectivity index (χ1) is 13.4.